The quantitative estimate of drug-likeness (QED) is 0.168. The summed E-state index contributed by atoms with van der Waals surface area (Å²) < 4.78 is 4.89. The van der Waals surface area contributed by atoms with Crippen LogP contribution in [0.15, 0.2) is 170 Å². The van der Waals surface area contributed by atoms with Crippen LogP contribution in [0, 0.1) is 0 Å². The van der Waals surface area contributed by atoms with Crippen LogP contribution in [0.2, 0.25) is 0 Å². The van der Waals surface area contributed by atoms with Crippen molar-refractivity contribution < 1.29 is 0 Å². The molecule has 56 heavy (non-hydrogen) atoms. The normalized spacial score (nSPS) is 15.1. The number of benzene rings is 5. The highest BCUT2D eigenvalue weighted by atomic mass is 15.1. The van der Waals surface area contributed by atoms with Crippen molar-refractivity contribution in [1.29, 1.82) is 0 Å². The second-order valence-electron chi connectivity index (χ2n) is 15.2. The summed E-state index contributed by atoms with van der Waals surface area (Å²) in [6, 6.07) is 47.0. The minimum atomic E-state index is 0.949. The van der Waals surface area contributed by atoms with Crippen molar-refractivity contribution >= 4 is 49.9 Å². The van der Waals surface area contributed by atoms with E-state index in [1.54, 1.807) is 0 Å². The largest absolute Gasteiger partial charge is 0.313 e. The van der Waals surface area contributed by atoms with E-state index in [0.717, 1.165) is 61.1 Å². The molecule has 3 heterocycles. The number of fused-ring (bicyclic) bond motifs is 6. The molecule has 0 amide bonds. The topological polar surface area (TPSA) is 22.8 Å². The first-order chi connectivity index (χ1) is 27.8. The van der Waals surface area contributed by atoms with E-state index in [9.17, 15) is 0 Å². The first-order valence-corrected chi connectivity index (χ1v) is 20.1. The molecule has 3 aromatic heterocycles. The lowest BCUT2D eigenvalue weighted by Crippen LogP contribution is -2.03. The molecule has 0 bridgehead atoms. The molecule has 0 saturated heterocycles. The number of rotatable bonds is 6. The fourth-order valence-electron chi connectivity index (χ4n) is 9.22. The summed E-state index contributed by atoms with van der Waals surface area (Å²) in [4.78, 5) is 5.42. The van der Waals surface area contributed by atoms with E-state index in [1.165, 1.54) is 77.6 Å². The minimum Gasteiger partial charge on any atom is -0.313 e. The van der Waals surface area contributed by atoms with Gasteiger partial charge in [0, 0.05) is 33.1 Å². The second-order valence-corrected chi connectivity index (χ2v) is 15.2. The van der Waals surface area contributed by atoms with Gasteiger partial charge in [0.25, 0.3) is 0 Å². The Kier molecular flexibility index (Phi) is 7.91. The number of para-hydroxylation sites is 1. The molecule has 3 heteroatoms. The van der Waals surface area contributed by atoms with Crippen molar-refractivity contribution in [3.8, 4) is 33.8 Å². The Morgan fingerprint density at radius 2 is 1.21 bits per heavy atom. The van der Waals surface area contributed by atoms with Crippen LogP contribution in [0.5, 0.6) is 0 Å². The number of aromatic nitrogens is 3. The Hall–Kier alpha value is -6.71. The Morgan fingerprint density at radius 1 is 0.464 bits per heavy atom. The second kappa shape index (κ2) is 13.5. The zero-order valence-electron chi connectivity index (χ0n) is 31.3. The van der Waals surface area contributed by atoms with Crippen LogP contribution in [0.25, 0.3) is 83.7 Å². The summed E-state index contributed by atoms with van der Waals surface area (Å²) in [6.07, 6.45) is 24.8. The van der Waals surface area contributed by atoms with Crippen molar-refractivity contribution in [3.05, 3.63) is 192 Å². The maximum Gasteiger partial charge on any atom is 0.138 e. The summed E-state index contributed by atoms with van der Waals surface area (Å²) >= 11 is 0. The van der Waals surface area contributed by atoms with Gasteiger partial charge in [-0.05, 0) is 126 Å². The number of pyridine rings is 1. The van der Waals surface area contributed by atoms with Crippen molar-refractivity contribution in [1.82, 2.24) is 14.1 Å². The molecule has 0 spiro atoms. The Labute approximate surface area is 327 Å². The number of nitrogens with zero attached hydrogens (tertiary/aromatic N) is 3. The van der Waals surface area contributed by atoms with Crippen LogP contribution in [0.3, 0.4) is 0 Å². The standard InChI is InChI=1S/C53H41N3/c1-4-16-36(17-5-1)39-22-14-23-42(32-39)55-48-27-12-10-24-44(48)46-33-40(30-31-50(46)55)43-26-15-29-51-53(43)45-25-11-13-28-49(45)56(51)52-35-41(37-18-6-2-7-19-37)34-47(54-52)38-20-8-3-9-21-38/h1,4-6,8,10-11,13-26,28-35H,2-3,7,9,12,27H2. The summed E-state index contributed by atoms with van der Waals surface area (Å²) in [5.74, 6) is 0.949. The van der Waals surface area contributed by atoms with Crippen LogP contribution < -0.4 is 0 Å². The minimum absolute atomic E-state index is 0.949. The third kappa shape index (κ3) is 5.46. The zero-order valence-corrected chi connectivity index (χ0v) is 31.3. The molecule has 0 saturated carbocycles. The van der Waals surface area contributed by atoms with Crippen LogP contribution in [-0.4, -0.2) is 14.1 Å². The third-order valence-corrected chi connectivity index (χ3v) is 11.8. The lowest BCUT2D eigenvalue weighted by atomic mass is 9.96. The van der Waals surface area contributed by atoms with Crippen molar-refractivity contribution in [2.75, 3.05) is 0 Å². The molecule has 8 aromatic rings. The molecule has 268 valence electrons. The Morgan fingerprint density at radius 3 is 2.07 bits per heavy atom. The fourth-order valence-corrected chi connectivity index (χ4v) is 9.22. The highest BCUT2D eigenvalue weighted by molar-refractivity contribution is 6.16. The summed E-state index contributed by atoms with van der Waals surface area (Å²) in [5, 5.41) is 3.78. The maximum atomic E-state index is 5.42. The molecule has 3 nitrogen and oxygen atoms in total. The van der Waals surface area contributed by atoms with Crippen LogP contribution >= 0.6 is 0 Å². The molecule has 0 radical (unpaired) electrons. The van der Waals surface area contributed by atoms with Gasteiger partial charge >= 0.3 is 0 Å². The van der Waals surface area contributed by atoms with E-state index in [2.05, 4.69) is 185 Å². The van der Waals surface area contributed by atoms with Crippen LogP contribution in [0.1, 0.15) is 54.6 Å². The highest BCUT2D eigenvalue weighted by Crippen LogP contribution is 2.42. The van der Waals surface area contributed by atoms with Gasteiger partial charge in [-0.15, -0.1) is 0 Å². The van der Waals surface area contributed by atoms with E-state index in [0.29, 0.717) is 0 Å². The fraction of sp³-hybridized carbons (Fsp3) is 0.113. The van der Waals surface area contributed by atoms with Gasteiger partial charge in [0.2, 0.25) is 0 Å². The van der Waals surface area contributed by atoms with Crippen molar-refractivity contribution in [2.45, 2.75) is 38.5 Å². The van der Waals surface area contributed by atoms with E-state index in [4.69, 9.17) is 4.98 Å². The van der Waals surface area contributed by atoms with Gasteiger partial charge in [0.15, 0.2) is 0 Å². The van der Waals surface area contributed by atoms with E-state index in [1.807, 2.05) is 0 Å². The van der Waals surface area contributed by atoms with E-state index in [-0.39, 0.29) is 0 Å². The third-order valence-electron chi connectivity index (χ3n) is 11.8. The summed E-state index contributed by atoms with van der Waals surface area (Å²) in [5.41, 5.74) is 17.1. The zero-order chi connectivity index (χ0) is 37.0. The number of hydrogen-bond donors (Lipinski definition) is 0. The lowest BCUT2D eigenvalue weighted by Gasteiger charge is -2.15. The number of hydrogen-bond acceptors (Lipinski definition) is 1. The highest BCUT2D eigenvalue weighted by Gasteiger charge is 2.22. The summed E-state index contributed by atoms with van der Waals surface area (Å²) in [6.45, 7) is 0. The number of allylic oxidation sites excluding steroid dienone is 9. The Balaban J connectivity index is 1.10. The van der Waals surface area contributed by atoms with E-state index >= 15 is 0 Å². The van der Waals surface area contributed by atoms with Gasteiger partial charge in [-0.1, -0.05) is 127 Å². The molecule has 0 aliphatic heterocycles. The molecule has 3 aliphatic rings. The van der Waals surface area contributed by atoms with Crippen molar-refractivity contribution in [2.24, 2.45) is 0 Å². The van der Waals surface area contributed by atoms with Gasteiger partial charge < -0.3 is 4.57 Å². The molecule has 11 rings (SSSR count). The maximum absolute atomic E-state index is 5.42. The first-order valence-electron chi connectivity index (χ1n) is 20.1. The van der Waals surface area contributed by atoms with E-state index < -0.39 is 0 Å². The SMILES string of the molecule is C1=CC(c2cc(C3=CCCC=C3)nc(-n3c4ccccc4c4c(-c5ccc6c(c5)c5c(n6-c6cccc(-c7ccccc7)c6)CCC=C5)cccc43)c2)=CCC1. The lowest BCUT2D eigenvalue weighted by molar-refractivity contribution is 0.889. The average Bonchev–Trinajstić information content (AvgIpc) is 3.80. The first kappa shape index (κ1) is 32.7. The smallest absolute Gasteiger partial charge is 0.138 e. The van der Waals surface area contributed by atoms with Crippen LogP contribution in [-0.2, 0) is 6.42 Å². The Bertz CT molecular complexity index is 2960. The predicted octanol–water partition coefficient (Wildman–Crippen LogP) is 13.9. The van der Waals surface area contributed by atoms with Crippen molar-refractivity contribution in [3.63, 3.8) is 0 Å². The summed E-state index contributed by atoms with van der Waals surface area (Å²) in [7, 11) is 0. The molecular formula is C53H41N3. The van der Waals surface area contributed by atoms with Gasteiger partial charge in [-0.3, -0.25) is 4.57 Å². The molecule has 3 aliphatic carbocycles. The molecule has 0 fully saturated rings. The van der Waals surface area contributed by atoms with Gasteiger partial charge in [-0.2, -0.15) is 0 Å². The monoisotopic (exact) mass is 719 g/mol. The molecule has 0 unspecified atom stereocenters. The van der Waals surface area contributed by atoms with Crippen LogP contribution in [0.4, 0.5) is 0 Å². The molecule has 5 aromatic carbocycles. The van der Waals surface area contributed by atoms with Gasteiger partial charge in [0.05, 0.1) is 22.2 Å². The molecule has 0 atom stereocenters. The van der Waals surface area contributed by atoms with Gasteiger partial charge in [0.1, 0.15) is 5.82 Å². The molecule has 0 N–H and O–H groups in total. The van der Waals surface area contributed by atoms with Gasteiger partial charge in [-0.25, -0.2) is 4.98 Å². The molecular weight excluding hydrogens is 679 g/mol. The average molecular weight is 720 g/mol. The predicted molar refractivity (Wildman–Crippen MR) is 236 cm³/mol.